The van der Waals surface area contributed by atoms with Gasteiger partial charge in [0, 0.05) is 24.9 Å². The number of nitrogens with zero attached hydrogens (tertiary/aromatic N) is 1. The highest BCUT2D eigenvalue weighted by atomic mass is 16.5. The Morgan fingerprint density at radius 2 is 2.25 bits per heavy atom. The zero-order chi connectivity index (χ0) is 14.7. The summed E-state index contributed by atoms with van der Waals surface area (Å²) in [6.45, 7) is 2.97. The molecule has 2 rings (SSSR count). The van der Waals surface area contributed by atoms with Crippen LogP contribution < -0.4 is 0 Å². The van der Waals surface area contributed by atoms with Crippen LogP contribution in [0.1, 0.15) is 46.2 Å². The van der Waals surface area contributed by atoms with E-state index in [9.17, 15) is 9.59 Å². The molecule has 0 bridgehead atoms. The molecular weight excluding hydrogens is 256 g/mol. The number of carbonyl (C=O) groups excluding carboxylic acids is 2. The molecule has 1 aliphatic carbocycles. The van der Waals surface area contributed by atoms with Crippen molar-refractivity contribution < 1.29 is 14.3 Å². The molecule has 0 aromatic carbocycles. The monoisotopic (exact) mass is 278 g/mol. The number of aromatic nitrogens is 1. The first kappa shape index (κ1) is 14.8. The number of aromatic amines is 1. The Labute approximate surface area is 119 Å². The van der Waals surface area contributed by atoms with Crippen LogP contribution in [0.3, 0.4) is 0 Å². The molecule has 1 atom stereocenters. The van der Waals surface area contributed by atoms with E-state index in [1.54, 1.807) is 13.1 Å². The van der Waals surface area contributed by atoms with Gasteiger partial charge in [0.25, 0.3) is 0 Å². The van der Waals surface area contributed by atoms with E-state index in [1.807, 2.05) is 14.1 Å². The lowest BCUT2D eigenvalue weighted by Crippen LogP contribution is -2.23. The van der Waals surface area contributed by atoms with Crippen LogP contribution in [0, 0.1) is 5.92 Å². The summed E-state index contributed by atoms with van der Waals surface area (Å²) in [7, 11) is 4.03. The topological polar surface area (TPSA) is 62.4 Å². The zero-order valence-electron chi connectivity index (χ0n) is 12.4. The molecule has 0 radical (unpaired) electrons. The second-order valence-electron chi connectivity index (χ2n) is 5.57. The van der Waals surface area contributed by atoms with Crippen LogP contribution in [0.15, 0.2) is 6.20 Å². The van der Waals surface area contributed by atoms with Gasteiger partial charge in [-0.3, -0.25) is 4.79 Å². The summed E-state index contributed by atoms with van der Waals surface area (Å²) in [6, 6.07) is 0. The lowest BCUT2D eigenvalue weighted by molar-refractivity contribution is 0.0523. The lowest BCUT2D eigenvalue weighted by atomic mass is 9.98. The van der Waals surface area contributed by atoms with Crippen molar-refractivity contribution in [2.45, 2.75) is 26.2 Å². The van der Waals surface area contributed by atoms with Crippen molar-refractivity contribution in [2.24, 2.45) is 5.92 Å². The van der Waals surface area contributed by atoms with Gasteiger partial charge >= 0.3 is 5.97 Å². The van der Waals surface area contributed by atoms with Crippen molar-refractivity contribution in [3.8, 4) is 0 Å². The van der Waals surface area contributed by atoms with Gasteiger partial charge in [-0.2, -0.15) is 0 Å². The van der Waals surface area contributed by atoms with E-state index < -0.39 is 5.97 Å². The number of hydrogen-bond acceptors (Lipinski definition) is 4. The molecule has 1 N–H and O–H groups in total. The first-order valence-electron chi connectivity index (χ1n) is 7.08. The van der Waals surface area contributed by atoms with Gasteiger partial charge in [-0.05, 0) is 39.8 Å². The van der Waals surface area contributed by atoms with E-state index in [0.29, 0.717) is 30.1 Å². The molecule has 1 aromatic heterocycles. The Hall–Kier alpha value is -1.62. The second kappa shape index (κ2) is 6.22. The van der Waals surface area contributed by atoms with Crippen molar-refractivity contribution in [2.75, 3.05) is 27.2 Å². The number of aryl methyl sites for hydroxylation is 1. The van der Waals surface area contributed by atoms with Gasteiger partial charge in [0.2, 0.25) is 0 Å². The Morgan fingerprint density at radius 3 is 2.90 bits per heavy atom. The fourth-order valence-corrected chi connectivity index (χ4v) is 2.84. The first-order chi connectivity index (χ1) is 9.52. The number of rotatable bonds is 4. The predicted molar refractivity (Wildman–Crippen MR) is 76.1 cm³/mol. The molecule has 0 amide bonds. The summed E-state index contributed by atoms with van der Waals surface area (Å²) in [5, 5.41) is 0. The number of ketones is 1. The van der Waals surface area contributed by atoms with Gasteiger partial charge in [0.1, 0.15) is 0 Å². The molecule has 5 heteroatoms. The standard InChI is InChI=1S/C15H22N2O3/c1-4-20-15(19)11-8-16-12-6-5-10(9-17(2)3)7-13(18)14(11)12/h8,10,16H,4-7,9H2,1-3H3. The Bertz CT molecular complexity index is 505. The number of fused-ring (bicyclic) bond motifs is 1. The van der Waals surface area contributed by atoms with E-state index in [-0.39, 0.29) is 5.78 Å². The van der Waals surface area contributed by atoms with Gasteiger partial charge < -0.3 is 14.6 Å². The molecule has 5 nitrogen and oxygen atoms in total. The third-order valence-electron chi connectivity index (χ3n) is 3.64. The Balaban J connectivity index is 2.22. The van der Waals surface area contributed by atoms with Crippen molar-refractivity contribution >= 4 is 11.8 Å². The molecule has 0 fully saturated rings. The number of Topliss-reactive ketones (excluding diaryl/α,β-unsaturated/α-hetero) is 1. The molecule has 0 saturated heterocycles. The smallest absolute Gasteiger partial charge is 0.340 e. The second-order valence-corrected chi connectivity index (χ2v) is 5.57. The third-order valence-corrected chi connectivity index (χ3v) is 3.64. The summed E-state index contributed by atoms with van der Waals surface area (Å²) < 4.78 is 5.01. The average molecular weight is 278 g/mol. The largest absolute Gasteiger partial charge is 0.462 e. The van der Waals surface area contributed by atoms with E-state index in [4.69, 9.17) is 4.74 Å². The van der Waals surface area contributed by atoms with E-state index in [2.05, 4.69) is 9.88 Å². The molecule has 1 aliphatic rings. The minimum absolute atomic E-state index is 0.0497. The summed E-state index contributed by atoms with van der Waals surface area (Å²) in [5.74, 6) is -0.0218. The number of nitrogens with one attached hydrogen (secondary N) is 1. The predicted octanol–water partition coefficient (Wildman–Crippen LogP) is 1.89. The van der Waals surface area contributed by atoms with Crippen LogP contribution in [-0.4, -0.2) is 48.9 Å². The number of ether oxygens (including phenoxy) is 1. The summed E-state index contributed by atoms with van der Waals surface area (Å²) in [5.41, 5.74) is 1.81. The summed E-state index contributed by atoms with van der Waals surface area (Å²) in [6.07, 6.45) is 3.86. The highest BCUT2D eigenvalue weighted by molar-refractivity contribution is 6.07. The zero-order valence-corrected chi connectivity index (χ0v) is 12.4. The Morgan fingerprint density at radius 1 is 1.50 bits per heavy atom. The molecule has 1 aromatic rings. The van der Waals surface area contributed by atoms with E-state index in [1.165, 1.54) is 0 Å². The van der Waals surface area contributed by atoms with Crippen LogP contribution in [0.5, 0.6) is 0 Å². The third kappa shape index (κ3) is 3.10. The quantitative estimate of drug-likeness (QED) is 0.675. The minimum atomic E-state index is -0.413. The SMILES string of the molecule is CCOC(=O)c1c[nH]c2c1C(=O)CC(CN(C)C)CC2. The van der Waals surface area contributed by atoms with Crippen molar-refractivity contribution in [1.82, 2.24) is 9.88 Å². The molecule has 110 valence electrons. The first-order valence-corrected chi connectivity index (χ1v) is 7.08. The van der Waals surface area contributed by atoms with Crippen LogP contribution in [0.25, 0.3) is 0 Å². The van der Waals surface area contributed by atoms with Gasteiger partial charge in [-0.1, -0.05) is 0 Å². The van der Waals surface area contributed by atoms with Crippen LogP contribution in [0.2, 0.25) is 0 Å². The minimum Gasteiger partial charge on any atom is -0.462 e. The van der Waals surface area contributed by atoms with Crippen molar-refractivity contribution in [1.29, 1.82) is 0 Å². The summed E-state index contributed by atoms with van der Waals surface area (Å²) >= 11 is 0. The fourth-order valence-electron chi connectivity index (χ4n) is 2.84. The molecule has 1 heterocycles. The molecule has 0 spiro atoms. The molecule has 20 heavy (non-hydrogen) atoms. The van der Waals surface area contributed by atoms with Crippen LogP contribution in [0.4, 0.5) is 0 Å². The maximum atomic E-state index is 12.4. The van der Waals surface area contributed by atoms with Crippen molar-refractivity contribution in [3.63, 3.8) is 0 Å². The van der Waals surface area contributed by atoms with Gasteiger partial charge in [-0.15, -0.1) is 0 Å². The molecule has 1 unspecified atom stereocenters. The van der Waals surface area contributed by atoms with E-state index >= 15 is 0 Å². The fraction of sp³-hybridized carbons (Fsp3) is 0.600. The molecular formula is C15H22N2O3. The lowest BCUT2D eigenvalue weighted by Gasteiger charge is -2.18. The van der Waals surface area contributed by atoms with Crippen LogP contribution in [-0.2, 0) is 11.2 Å². The van der Waals surface area contributed by atoms with E-state index in [0.717, 1.165) is 25.1 Å². The number of H-pyrrole nitrogens is 1. The number of esters is 1. The summed E-state index contributed by atoms with van der Waals surface area (Å²) in [4.78, 5) is 29.5. The molecule has 0 saturated carbocycles. The molecule has 0 aliphatic heterocycles. The Kier molecular flexibility index (Phi) is 4.60. The van der Waals surface area contributed by atoms with Gasteiger partial charge in [-0.25, -0.2) is 4.79 Å². The maximum Gasteiger partial charge on any atom is 0.340 e. The highest BCUT2D eigenvalue weighted by Gasteiger charge is 2.29. The average Bonchev–Trinajstić information content (AvgIpc) is 2.73. The maximum absolute atomic E-state index is 12.4. The van der Waals surface area contributed by atoms with Crippen molar-refractivity contribution in [3.05, 3.63) is 23.0 Å². The normalized spacial score (nSPS) is 18.8. The van der Waals surface area contributed by atoms with Gasteiger partial charge in [0.15, 0.2) is 5.78 Å². The number of hydrogen-bond donors (Lipinski definition) is 1. The van der Waals surface area contributed by atoms with Gasteiger partial charge in [0.05, 0.1) is 17.7 Å². The highest BCUT2D eigenvalue weighted by Crippen LogP contribution is 2.27. The number of carbonyl (C=O) groups is 2. The van der Waals surface area contributed by atoms with Crippen LogP contribution >= 0.6 is 0 Å².